The number of hydrogen-bond acceptors (Lipinski definition) is 6. The summed E-state index contributed by atoms with van der Waals surface area (Å²) in [7, 11) is 1.58. The van der Waals surface area contributed by atoms with E-state index in [-0.39, 0.29) is 0 Å². The Morgan fingerprint density at radius 3 is 3.09 bits per heavy atom. The molecule has 3 heterocycles. The second kappa shape index (κ2) is 5.69. The first-order valence-corrected chi connectivity index (χ1v) is 8.24. The first kappa shape index (κ1) is 14.8. The van der Waals surface area contributed by atoms with Crippen LogP contribution in [0.15, 0.2) is 16.7 Å². The molecule has 122 valence electrons. The van der Waals surface area contributed by atoms with Gasteiger partial charge in [-0.2, -0.15) is 4.98 Å². The maximum Gasteiger partial charge on any atom is 0.231 e. The number of benzene rings is 1. The Labute approximate surface area is 139 Å². The Balaban J connectivity index is 1.62. The van der Waals surface area contributed by atoms with Crippen LogP contribution in [0.2, 0.25) is 5.02 Å². The van der Waals surface area contributed by atoms with Crippen molar-refractivity contribution in [2.75, 3.05) is 25.9 Å². The fourth-order valence-corrected chi connectivity index (χ4v) is 3.85. The molecule has 2 aliphatic heterocycles. The molecule has 0 amide bonds. The Bertz CT molecular complexity index is 721. The molecule has 4 rings (SSSR count). The van der Waals surface area contributed by atoms with Gasteiger partial charge in [0.2, 0.25) is 11.7 Å². The molecule has 2 aromatic rings. The van der Waals surface area contributed by atoms with Crippen LogP contribution < -0.4 is 10.5 Å². The molecule has 2 fully saturated rings. The van der Waals surface area contributed by atoms with E-state index in [9.17, 15) is 0 Å². The van der Waals surface area contributed by atoms with Crippen molar-refractivity contribution in [3.8, 4) is 17.1 Å². The van der Waals surface area contributed by atoms with E-state index < -0.39 is 0 Å². The number of nitrogen functional groups attached to an aromatic ring is 1. The van der Waals surface area contributed by atoms with Crippen molar-refractivity contribution in [3.05, 3.63) is 23.0 Å². The van der Waals surface area contributed by atoms with Gasteiger partial charge in [-0.3, -0.25) is 4.90 Å². The summed E-state index contributed by atoms with van der Waals surface area (Å²) in [6.07, 6.45) is 3.67. The predicted molar refractivity (Wildman–Crippen MR) is 87.7 cm³/mol. The second-order valence-corrected chi connectivity index (χ2v) is 6.66. The number of halogens is 1. The van der Waals surface area contributed by atoms with Crippen LogP contribution >= 0.6 is 11.6 Å². The quantitative estimate of drug-likeness (QED) is 0.870. The lowest BCUT2D eigenvalue weighted by Crippen LogP contribution is -2.22. The lowest BCUT2D eigenvalue weighted by molar-refractivity contribution is 0.313. The molecule has 2 N–H and O–H groups in total. The van der Waals surface area contributed by atoms with Gasteiger partial charge >= 0.3 is 0 Å². The van der Waals surface area contributed by atoms with Gasteiger partial charge in [-0.25, -0.2) is 0 Å². The molecule has 0 bridgehead atoms. The van der Waals surface area contributed by atoms with Crippen molar-refractivity contribution in [1.29, 1.82) is 0 Å². The minimum atomic E-state index is 0.316. The summed E-state index contributed by atoms with van der Waals surface area (Å²) in [4.78, 5) is 7.11. The third-order valence-corrected chi connectivity index (χ3v) is 5.19. The third kappa shape index (κ3) is 2.56. The number of nitrogens with zero attached hydrogens (tertiary/aromatic N) is 3. The van der Waals surface area contributed by atoms with Crippen LogP contribution in [0.1, 0.15) is 31.1 Å². The van der Waals surface area contributed by atoms with Gasteiger partial charge in [0.1, 0.15) is 5.75 Å². The molecule has 2 saturated heterocycles. The first-order chi connectivity index (χ1) is 11.2. The summed E-state index contributed by atoms with van der Waals surface area (Å²) in [6.45, 7) is 2.19. The van der Waals surface area contributed by atoms with Crippen LogP contribution in [0.3, 0.4) is 0 Å². The van der Waals surface area contributed by atoms with Crippen LogP contribution in [-0.4, -0.2) is 41.3 Å². The first-order valence-electron chi connectivity index (χ1n) is 7.86. The standard InChI is InChI=1S/C16H19ClN4O2/c1-22-14-7-13(18)12(17)6-11(14)15-19-16(23-20-15)9-5-10-3-2-4-21(10)8-9/h6-7,9-10H,2-5,8,18H2,1H3/t9-,10-/m1/s1. The van der Waals surface area contributed by atoms with Crippen molar-refractivity contribution in [1.82, 2.24) is 15.0 Å². The zero-order chi connectivity index (χ0) is 16.0. The summed E-state index contributed by atoms with van der Waals surface area (Å²) in [6, 6.07) is 4.08. The van der Waals surface area contributed by atoms with Crippen LogP contribution in [0, 0.1) is 0 Å². The molecule has 2 atom stereocenters. The van der Waals surface area contributed by atoms with E-state index in [1.54, 1.807) is 19.2 Å². The maximum atomic E-state index is 6.12. The van der Waals surface area contributed by atoms with E-state index >= 15 is 0 Å². The van der Waals surface area contributed by atoms with E-state index in [0.717, 1.165) is 13.0 Å². The number of ether oxygens (including phenoxy) is 1. The van der Waals surface area contributed by atoms with Crippen molar-refractivity contribution in [2.24, 2.45) is 0 Å². The number of nitrogens with two attached hydrogens (primary N) is 1. The highest BCUT2D eigenvalue weighted by molar-refractivity contribution is 6.33. The van der Waals surface area contributed by atoms with Crippen LogP contribution in [-0.2, 0) is 0 Å². The molecular weight excluding hydrogens is 316 g/mol. The summed E-state index contributed by atoms with van der Waals surface area (Å²) in [5.74, 6) is 2.10. The highest BCUT2D eigenvalue weighted by Crippen LogP contribution is 2.38. The van der Waals surface area contributed by atoms with Crippen LogP contribution in [0.4, 0.5) is 5.69 Å². The van der Waals surface area contributed by atoms with Gasteiger partial charge in [-0.15, -0.1) is 0 Å². The molecule has 0 saturated carbocycles. The number of rotatable bonds is 3. The zero-order valence-corrected chi connectivity index (χ0v) is 13.7. The molecule has 0 spiro atoms. The molecule has 23 heavy (non-hydrogen) atoms. The average molecular weight is 335 g/mol. The molecule has 6 nitrogen and oxygen atoms in total. The summed E-state index contributed by atoms with van der Waals surface area (Å²) < 4.78 is 10.9. The van der Waals surface area contributed by atoms with Gasteiger partial charge in [-0.05, 0) is 31.9 Å². The molecular formula is C16H19ClN4O2. The van der Waals surface area contributed by atoms with Gasteiger partial charge in [0, 0.05) is 18.7 Å². The number of fused-ring (bicyclic) bond motifs is 1. The second-order valence-electron chi connectivity index (χ2n) is 6.25. The molecule has 0 aliphatic carbocycles. The lowest BCUT2D eigenvalue weighted by Gasteiger charge is -2.12. The maximum absolute atomic E-state index is 6.12. The summed E-state index contributed by atoms with van der Waals surface area (Å²) >= 11 is 6.12. The lowest BCUT2D eigenvalue weighted by atomic mass is 10.0. The minimum Gasteiger partial charge on any atom is -0.496 e. The van der Waals surface area contributed by atoms with Crippen LogP contribution in [0.5, 0.6) is 5.75 Å². The molecule has 0 unspecified atom stereocenters. The van der Waals surface area contributed by atoms with E-state index in [0.29, 0.717) is 45.7 Å². The Kier molecular flexibility index (Phi) is 3.66. The SMILES string of the molecule is COc1cc(N)c(Cl)cc1-c1noc([C@@H]2C[C@H]3CCCN3C2)n1. The molecule has 0 radical (unpaired) electrons. The van der Waals surface area contributed by atoms with Crippen molar-refractivity contribution in [2.45, 2.75) is 31.2 Å². The molecule has 2 aliphatic rings. The van der Waals surface area contributed by atoms with Crippen LogP contribution in [0.25, 0.3) is 11.4 Å². The molecule has 1 aromatic heterocycles. The van der Waals surface area contributed by atoms with E-state index in [4.69, 9.17) is 26.6 Å². The smallest absolute Gasteiger partial charge is 0.231 e. The largest absolute Gasteiger partial charge is 0.496 e. The van der Waals surface area contributed by atoms with Gasteiger partial charge in [-0.1, -0.05) is 16.8 Å². The normalized spacial score (nSPS) is 24.1. The van der Waals surface area contributed by atoms with Crippen molar-refractivity contribution >= 4 is 17.3 Å². The van der Waals surface area contributed by atoms with Gasteiger partial charge in [0.25, 0.3) is 0 Å². The van der Waals surface area contributed by atoms with Gasteiger partial charge in [0.05, 0.1) is 29.3 Å². The number of aromatic nitrogens is 2. The fraction of sp³-hybridized carbons (Fsp3) is 0.500. The zero-order valence-electron chi connectivity index (χ0n) is 13.0. The number of hydrogen-bond donors (Lipinski definition) is 1. The van der Waals surface area contributed by atoms with Crippen molar-refractivity contribution < 1.29 is 9.26 Å². The average Bonchev–Trinajstić information content (AvgIpc) is 3.23. The Morgan fingerprint density at radius 1 is 1.43 bits per heavy atom. The topological polar surface area (TPSA) is 77.4 Å². The van der Waals surface area contributed by atoms with E-state index in [1.165, 1.54) is 19.4 Å². The third-order valence-electron chi connectivity index (χ3n) is 4.86. The number of anilines is 1. The highest BCUT2D eigenvalue weighted by atomic mass is 35.5. The predicted octanol–water partition coefficient (Wildman–Crippen LogP) is 2.93. The van der Waals surface area contributed by atoms with Crippen molar-refractivity contribution in [3.63, 3.8) is 0 Å². The minimum absolute atomic E-state index is 0.316. The molecule has 7 heteroatoms. The molecule has 1 aromatic carbocycles. The fourth-order valence-electron chi connectivity index (χ4n) is 3.69. The summed E-state index contributed by atoms with van der Waals surface area (Å²) in [5.41, 5.74) is 6.98. The van der Waals surface area contributed by atoms with E-state index in [2.05, 4.69) is 15.0 Å². The Hall–Kier alpha value is -1.79. The Morgan fingerprint density at radius 2 is 2.30 bits per heavy atom. The highest BCUT2D eigenvalue weighted by Gasteiger charge is 2.38. The van der Waals surface area contributed by atoms with E-state index in [1.807, 2.05) is 0 Å². The number of methoxy groups -OCH3 is 1. The summed E-state index contributed by atoms with van der Waals surface area (Å²) in [5, 5.41) is 4.57. The monoisotopic (exact) mass is 334 g/mol. The van der Waals surface area contributed by atoms with Gasteiger partial charge < -0.3 is 15.0 Å². The van der Waals surface area contributed by atoms with Gasteiger partial charge in [0.15, 0.2) is 0 Å².